The average molecular weight is 216 g/mol. The molecular formula is C12H12N2O2. The zero-order chi connectivity index (χ0) is 11.7. The second-order valence-corrected chi connectivity index (χ2v) is 3.70. The molecule has 0 fully saturated rings. The minimum Gasteiger partial charge on any atom is -0.361 e. The van der Waals surface area contributed by atoms with Crippen LogP contribution in [-0.4, -0.2) is 9.91 Å². The number of rotatable bonds is 3. The molecule has 16 heavy (non-hydrogen) atoms. The van der Waals surface area contributed by atoms with Crippen LogP contribution < -0.4 is 0 Å². The number of hydrogen-bond donors (Lipinski definition) is 1. The zero-order valence-corrected chi connectivity index (χ0v) is 8.99. The highest BCUT2D eigenvalue weighted by atomic mass is 16.6. The minimum absolute atomic E-state index is 0.164. The molecule has 0 radical (unpaired) electrons. The van der Waals surface area contributed by atoms with Crippen molar-refractivity contribution in [3.8, 4) is 0 Å². The highest BCUT2D eigenvalue weighted by Crippen LogP contribution is 2.29. The molecule has 0 aliphatic heterocycles. The number of aryl methyl sites for hydroxylation is 1. The second kappa shape index (κ2) is 3.81. The van der Waals surface area contributed by atoms with Crippen LogP contribution in [0.1, 0.15) is 11.1 Å². The van der Waals surface area contributed by atoms with E-state index in [9.17, 15) is 10.1 Å². The molecule has 0 amide bonds. The van der Waals surface area contributed by atoms with E-state index in [4.69, 9.17) is 0 Å². The van der Waals surface area contributed by atoms with Crippen LogP contribution in [0.4, 0.5) is 5.69 Å². The van der Waals surface area contributed by atoms with Gasteiger partial charge in [0, 0.05) is 28.7 Å². The lowest BCUT2D eigenvalue weighted by molar-refractivity contribution is -0.385. The lowest BCUT2D eigenvalue weighted by atomic mass is 10.0. The summed E-state index contributed by atoms with van der Waals surface area (Å²) in [6.45, 7) is 5.46. The zero-order valence-electron chi connectivity index (χ0n) is 8.99. The molecule has 82 valence electrons. The normalized spacial score (nSPS) is 10.6. The van der Waals surface area contributed by atoms with Gasteiger partial charge in [-0.05, 0) is 25.0 Å². The van der Waals surface area contributed by atoms with E-state index in [-0.39, 0.29) is 10.6 Å². The van der Waals surface area contributed by atoms with E-state index in [2.05, 4.69) is 11.6 Å². The highest BCUT2D eigenvalue weighted by Gasteiger charge is 2.15. The van der Waals surface area contributed by atoms with Gasteiger partial charge in [0.1, 0.15) is 0 Å². The number of nitro groups is 1. The molecule has 0 aliphatic carbocycles. The molecule has 0 spiro atoms. The van der Waals surface area contributed by atoms with Gasteiger partial charge in [-0.2, -0.15) is 0 Å². The Balaban J connectivity index is 2.74. The van der Waals surface area contributed by atoms with Gasteiger partial charge in [0.15, 0.2) is 0 Å². The Hall–Kier alpha value is -2.10. The molecule has 1 aromatic heterocycles. The first kappa shape index (κ1) is 10.4. The van der Waals surface area contributed by atoms with Crippen LogP contribution in [-0.2, 0) is 6.42 Å². The number of nitrogens with zero attached hydrogens (tertiary/aromatic N) is 1. The Bertz CT molecular complexity index is 570. The number of fused-ring (bicyclic) bond motifs is 1. The number of hydrogen-bond acceptors (Lipinski definition) is 2. The van der Waals surface area contributed by atoms with Crippen molar-refractivity contribution in [2.24, 2.45) is 0 Å². The van der Waals surface area contributed by atoms with E-state index in [0.717, 1.165) is 16.5 Å². The molecular weight excluding hydrogens is 204 g/mol. The summed E-state index contributed by atoms with van der Waals surface area (Å²) in [7, 11) is 0. The summed E-state index contributed by atoms with van der Waals surface area (Å²) in [5.41, 5.74) is 2.85. The number of nitrogens with one attached hydrogen (secondary N) is 1. The number of nitro benzene ring substituents is 1. The smallest absolute Gasteiger partial charge is 0.273 e. The van der Waals surface area contributed by atoms with E-state index in [0.29, 0.717) is 12.0 Å². The molecule has 2 aromatic rings. The standard InChI is InChI=1S/C12H12N2O2/c1-3-4-9-7-13-10-5-6-11(14(15)16)8(2)12(9)10/h3,5-7,13H,1,4H2,2H3. The molecule has 0 saturated carbocycles. The third-order valence-electron chi connectivity index (χ3n) is 2.72. The van der Waals surface area contributed by atoms with Crippen molar-refractivity contribution >= 4 is 16.6 Å². The summed E-state index contributed by atoms with van der Waals surface area (Å²) in [4.78, 5) is 13.6. The van der Waals surface area contributed by atoms with E-state index in [1.165, 1.54) is 6.07 Å². The van der Waals surface area contributed by atoms with Crippen molar-refractivity contribution in [2.45, 2.75) is 13.3 Å². The van der Waals surface area contributed by atoms with Gasteiger partial charge in [-0.25, -0.2) is 0 Å². The molecule has 1 heterocycles. The third-order valence-corrected chi connectivity index (χ3v) is 2.72. The van der Waals surface area contributed by atoms with Crippen molar-refractivity contribution in [1.82, 2.24) is 4.98 Å². The number of aromatic nitrogens is 1. The highest BCUT2D eigenvalue weighted by molar-refractivity contribution is 5.89. The van der Waals surface area contributed by atoms with Gasteiger partial charge in [-0.1, -0.05) is 6.08 Å². The van der Waals surface area contributed by atoms with E-state index in [1.807, 2.05) is 6.20 Å². The van der Waals surface area contributed by atoms with Gasteiger partial charge < -0.3 is 4.98 Å². The maximum atomic E-state index is 10.8. The van der Waals surface area contributed by atoms with Gasteiger partial charge in [-0.3, -0.25) is 10.1 Å². The van der Waals surface area contributed by atoms with E-state index < -0.39 is 0 Å². The van der Waals surface area contributed by atoms with Crippen LogP contribution in [0.25, 0.3) is 10.9 Å². The predicted molar refractivity (Wildman–Crippen MR) is 63.6 cm³/mol. The monoisotopic (exact) mass is 216 g/mol. The Labute approximate surface area is 92.7 Å². The molecule has 1 aromatic carbocycles. The molecule has 0 atom stereocenters. The summed E-state index contributed by atoms with van der Waals surface area (Å²) in [5, 5.41) is 11.8. The molecule has 0 saturated heterocycles. The second-order valence-electron chi connectivity index (χ2n) is 3.70. The van der Waals surface area contributed by atoms with E-state index >= 15 is 0 Å². The van der Waals surface area contributed by atoms with Crippen molar-refractivity contribution in [2.75, 3.05) is 0 Å². The van der Waals surface area contributed by atoms with Gasteiger partial charge in [0.25, 0.3) is 5.69 Å². The van der Waals surface area contributed by atoms with Gasteiger partial charge in [0.2, 0.25) is 0 Å². The molecule has 0 bridgehead atoms. The van der Waals surface area contributed by atoms with Crippen LogP contribution in [0, 0.1) is 17.0 Å². The molecule has 1 N–H and O–H groups in total. The van der Waals surface area contributed by atoms with Crippen molar-refractivity contribution < 1.29 is 4.92 Å². The summed E-state index contributed by atoms with van der Waals surface area (Å²) < 4.78 is 0. The average Bonchev–Trinajstić information content (AvgIpc) is 2.63. The summed E-state index contributed by atoms with van der Waals surface area (Å²) in [6.07, 6.45) is 4.38. The Kier molecular flexibility index (Phi) is 2.48. The Morgan fingerprint density at radius 1 is 1.56 bits per heavy atom. The fourth-order valence-electron chi connectivity index (χ4n) is 1.99. The van der Waals surface area contributed by atoms with Gasteiger partial charge >= 0.3 is 0 Å². The topological polar surface area (TPSA) is 58.9 Å². The summed E-state index contributed by atoms with van der Waals surface area (Å²) in [6, 6.07) is 3.28. The Morgan fingerprint density at radius 3 is 2.94 bits per heavy atom. The fraction of sp³-hybridized carbons (Fsp3) is 0.167. The van der Waals surface area contributed by atoms with Gasteiger partial charge in [0.05, 0.1) is 4.92 Å². The number of aromatic amines is 1. The molecule has 0 unspecified atom stereocenters. The Morgan fingerprint density at radius 2 is 2.31 bits per heavy atom. The molecule has 2 rings (SSSR count). The minimum atomic E-state index is -0.348. The van der Waals surface area contributed by atoms with Gasteiger partial charge in [-0.15, -0.1) is 6.58 Å². The van der Waals surface area contributed by atoms with Crippen LogP contribution in [0.5, 0.6) is 0 Å². The molecule has 4 nitrogen and oxygen atoms in total. The fourth-order valence-corrected chi connectivity index (χ4v) is 1.99. The van der Waals surface area contributed by atoms with Crippen molar-refractivity contribution in [1.29, 1.82) is 0 Å². The lowest BCUT2D eigenvalue weighted by Crippen LogP contribution is -1.92. The quantitative estimate of drug-likeness (QED) is 0.487. The van der Waals surface area contributed by atoms with Crippen molar-refractivity contribution in [3.63, 3.8) is 0 Å². The molecule has 0 aliphatic rings. The maximum absolute atomic E-state index is 10.8. The predicted octanol–water partition coefficient (Wildman–Crippen LogP) is 3.11. The number of benzene rings is 1. The first-order valence-corrected chi connectivity index (χ1v) is 5.00. The molecule has 4 heteroatoms. The van der Waals surface area contributed by atoms with Crippen LogP contribution in [0.15, 0.2) is 31.0 Å². The number of allylic oxidation sites excluding steroid dienone is 1. The SMILES string of the molecule is C=CCc1c[nH]c2ccc([N+](=O)[O-])c(C)c12. The van der Waals surface area contributed by atoms with Crippen LogP contribution in [0.3, 0.4) is 0 Å². The van der Waals surface area contributed by atoms with Crippen LogP contribution in [0.2, 0.25) is 0 Å². The maximum Gasteiger partial charge on any atom is 0.273 e. The summed E-state index contributed by atoms with van der Waals surface area (Å²) >= 11 is 0. The summed E-state index contributed by atoms with van der Waals surface area (Å²) in [5.74, 6) is 0. The van der Waals surface area contributed by atoms with E-state index in [1.54, 1.807) is 19.1 Å². The number of H-pyrrole nitrogens is 1. The van der Waals surface area contributed by atoms with Crippen molar-refractivity contribution in [3.05, 3.63) is 52.2 Å². The van der Waals surface area contributed by atoms with Crippen LogP contribution >= 0.6 is 0 Å². The third kappa shape index (κ3) is 1.48. The first-order chi connectivity index (χ1) is 7.65. The largest absolute Gasteiger partial charge is 0.361 e. The first-order valence-electron chi connectivity index (χ1n) is 5.00. The lowest BCUT2D eigenvalue weighted by Gasteiger charge is -2.01.